The van der Waals surface area contributed by atoms with Crippen molar-refractivity contribution in [3.8, 4) is 0 Å². The van der Waals surface area contributed by atoms with Gasteiger partial charge in [-0.2, -0.15) is 0 Å². The summed E-state index contributed by atoms with van der Waals surface area (Å²) in [6.07, 6.45) is 0. The van der Waals surface area contributed by atoms with E-state index in [4.69, 9.17) is 0 Å². The van der Waals surface area contributed by atoms with Crippen LogP contribution in [0.15, 0.2) is 0 Å². The number of hydrogen-bond donors (Lipinski definition) is 2. The van der Waals surface area contributed by atoms with Crippen LogP contribution in [0.1, 0.15) is 0 Å². The zero-order valence-electron chi connectivity index (χ0n) is 6.71. The fourth-order valence-corrected chi connectivity index (χ4v) is 1.01. The highest BCUT2D eigenvalue weighted by Crippen LogP contribution is 1.97. The molecule has 0 saturated carbocycles. The SMILES string of the molecule is CN(S(=O)(=O)[O-])S(=O)(=O)[O-].[NH4+].[NH4+]. The molecule has 9 nitrogen and oxygen atoms in total. The van der Waals surface area contributed by atoms with Crippen molar-refractivity contribution < 1.29 is 25.9 Å². The molecule has 0 aromatic rings. The van der Waals surface area contributed by atoms with E-state index >= 15 is 0 Å². The van der Waals surface area contributed by atoms with E-state index in [1.165, 1.54) is 0 Å². The van der Waals surface area contributed by atoms with Gasteiger partial charge in [0, 0.05) is 7.05 Å². The lowest BCUT2D eigenvalue weighted by Crippen LogP contribution is -2.32. The van der Waals surface area contributed by atoms with Gasteiger partial charge in [0.25, 0.3) is 0 Å². The molecule has 0 fully saturated rings. The number of quaternary nitrogens is 2. The van der Waals surface area contributed by atoms with E-state index in [1.807, 2.05) is 0 Å². The Morgan fingerprint density at radius 3 is 1.08 bits per heavy atom. The highest BCUT2D eigenvalue weighted by molar-refractivity contribution is 7.98. The van der Waals surface area contributed by atoms with Crippen LogP contribution in [0.3, 0.4) is 0 Å². The molecule has 0 aromatic carbocycles. The second-order valence-electron chi connectivity index (χ2n) is 1.30. The molecule has 0 aliphatic heterocycles. The summed E-state index contributed by atoms with van der Waals surface area (Å²) in [6, 6.07) is 0. The molecule has 0 spiro atoms. The standard InChI is InChI=1S/CH5NO6S2.2H3N/c1-2(9(3,4)5)10(6,7)8;;/h1H3,(H,3,4,5)(H,6,7,8);2*1H3. The van der Waals surface area contributed by atoms with Crippen LogP contribution in [0.25, 0.3) is 0 Å². The molecule has 0 unspecified atom stereocenters. The van der Waals surface area contributed by atoms with Gasteiger partial charge in [0.1, 0.15) is 0 Å². The maximum Gasteiger partial charge on any atom is 0.174 e. The lowest BCUT2D eigenvalue weighted by molar-refractivity contribution is 0.386. The van der Waals surface area contributed by atoms with Gasteiger partial charge in [-0.25, -0.2) is 16.8 Å². The minimum atomic E-state index is -5.18. The van der Waals surface area contributed by atoms with E-state index in [0.29, 0.717) is 7.05 Å². The summed E-state index contributed by atoms with van der Waals surface area (Å²) < 4.78 is 57.8. The Morgan fingerprint density at radius 2 is 1.08 bits per heavy atom. The molecule has 0 heterocycles. The minimum absolute atomic E-state index is 0. The van der Waals surface area contributed by atoms with E-state index in [2.05, 4.69) is 0 Å². The van der Waals surface area contributed by atoms with E-state index < -0.39 is 24.3 Å². The van der Waals surface area contributed by atoms with Crippen molar-refractivity contribution in [1.82, 2.24) is 16.0 Å². The third kappa shape index (κ3) is 5.36. The second kappa shape index (κ2) is 4.66. The normalized spacial score (nSPS) is 11.7. The largest absolute Gasteiger partial charge is 0.735 e. The first-order valence-corrected chi connectivity index (χ1v) is 4.54. The molecule has 0 saturated heterocycles. The van der Waals surface area contributed by atoms with Crippen LogP contribution in [0.2, 0.25) is 0 Å². The van der Waals surface area contributed by atoms with Crippen LogP contribution < -0.4 is 12.3 Å². The van der Waals surface area contributed by atoms with E-state index in [0.717, 1.165) is 0 Å². The molecular weight excluding hydrogens is 214 g/mol. The van der Waals surface area contributed by atoms with Crippen molar-refractivity contribution in [2.24, 2.45) is 0 Å². The van der Waals surface area contributed by atoms with Gasteiger partial charge < -0.3 is 21.4 Å². The quantitative estimate of drug-likeness (QED) is 0.542. The van der Waals surface area contributed by atoms with Crippen molar-refractivity contribution in [2.45, 2.75) is 0 Å². The molecular formula is CH11N3O6S2. The van der Waals surface area contributed by atoms with Crippen LogP contribution in [0.5, 0.6) is 0 Å². The second-order valence-corrected chi connectivity index (χ2v) is 4.33. The summed E-state index contributed by atoms with van der Waals surface area (Å²) in [5.41, 5.74) is 0. The molecule has 78 valence electrons. The predicted octanol–water partition coefficient (Wildman–Crippen LogP) is -1.41. The van der Waals surface area contributed by atoms with Gasteiger partial charge in [0.15, 0.2) is 20.6 Å². The monoisotopic (exact) mass is 225 g/mol. The highest BCUT2D eigenvalue weighted by Gasteiger charge is 2.11. The number of hydrogen-bond acceptors (Lipinski definition) is 6. The molecule has 0 rings (SSSR count). The summed E-state index contributed by atoms with van der Waals surface area (Å²) in [5, 5.41) is 0. The third-order valence-electron chi connectivity index (χ3n) is 0.630. The molecule has 0 atom stereocenters. The third-order valence-corrected chi connectivity index (χ3v) is 2.98. The number of rotatable bonds is 2. The highest BCUT2D eigenvalue weighted by atomic mass is 32.3. The summed E-state index contributed by atoms with van der Waals surface area (Å²) in [5.74, 6) is 0. The van der Waals surface area contributed by atoms with Crippen LogP contribution in [-0.2, 0) is 20.6 Å². The Balaban J connectivity index is -0.000000405. The first-order chi connectivity index (χ1) is 4.15. The topological polar surface area (TPSA) is 191 Å². The van der Waals surface area contributed by atoms with Crippen LogP contribution in [-0.4, -0.2) is 36.7 Å². The zero-order chi connectivity index (χ0) is 8.58. The summed E-state index contributed by atoms with van der Waals surface area (Å²) in [4.78, 5) is 0. The van der Waals surface area contributed by atoms with E-state index in [-0.39, 0.29) is 12.3 Å². The zero-order valence-corrected chi connectivity index (χ0v) is 8.35. The Kier molecular flexibility index (Phi) is 6.87. The maximum atomic E-state index is 9.77. The van der Waals surface area contributed by atoms with Crippen molar-refractivity contribution in [3.05, 3.63) is 0 Å². The lowest BCUT2D eigenvalue weighted by Gasteiger charge is -2.21. The van der Waals surface area contributed by atoms with Crippen molar-refractivity contribution in [2.75, 3.05) is 7.05 Å². The Bertz CT molecular complexity index is 270. The Labute approximate surface area is 70.3 Å². The average Bonchev–Trinajstić information content (AvgIpc) is 1.59. The van der Waals surface area contributed by atoms with Crippen molar-refractivity contribution in [3.63, 3.8) is 0 Å². The molecule has 0 aliphatic carbocycles. The molecule has 12 heavy (non-hydrogen) atoms. The molecule has 11 heteroatoms. The van der Waals surface area contributed by atoms with E-state index in [1.54, 1.807) is 0 Å². The van der Waals surface area contributed by atoms with Gasteiger partial charge >= 0.3 is 0 Å². The summed E-state index contributed by atoms with van der Waals surface area (Å²) in [7, 11) is -9.99. The van der Waals surface area contributed by atoms with Gasteiger partial charge in [-0.1, -0.05) is 0 Å². The van der Waals surface area contributed by atoms with E-state index in [9.17, 15) is 25.9 Å². The molecule has 0 aromatic heterocycles. The van der Waals surface area contributed by atoms with Crippen molar-refractivity contribution >= 4 is 20.6 Å². The minimum Gasteiger partial charge on any atom is -0.735 e. The van der Waals surface area contributed by atoms with Gasteiger partial charge in [-0.3, -0.25) is 0 Å². The van der Waals surface area contributed by atoms with Crippen LogP contribution in [0.4, 0.5) is 0 Å². The lowest BCUT2D eigenvalue weighted by atomic mass is 11.6. The summed E-state index contributed by atoms with van der Waals surface area (Å²) in [6.45, 7) is 0. The fraction of sp³-hybridized carbons (Fsp3) is 1.00. The predicted molar refractivity (Wildman–Crippen MR) is 39.1 cm³/mol. The van der Waals surface area contributed by atoms with Crippen LogP contribution in [0, 0.1) is 0 Å². The smallest absolute Gasteiger partial charge is 0.174 e. The van der Waals surface area contributed by atoms with Crippen molar-refractivity contribution in [1.29, 1.82) is 0 Å². The molecule has 8 N–H and O–H groups in total. The van der Waals surface area contributed by atoms with Gasteiger partial charge in [-0.15, -0.1) is 3.71 Å². The maximum absolute atomic E-state index is 9.77. The van der Waals surface area contributed by atoms with Gasteiger partial charge in [0.05, 0.1) is 0 Å². The molecule has 0 bridgehead atoms. The molecule has 0 aliphatic rings. The fourth-order valence-electron chi connectivity index (χ4n) is 0.112. The summed E-state index contributed by atoms with van der Waals surface area (Å²) >= 11 is 0. The van der Waals surface area contributed by atoms with Gasteiger partial charge in [0.2, 0.25) is 0 Å². The Morgan fingerprint density at radius 1 is 0.917 bits per heavy atom. The first-order valence-electron chi connectivity index (χ1n) is 1.81. The molecule has 0 amide bonds. The number of nitrogens with zero attached hydrogens (tertiary/aromatic N) is 1. The van der Waals surface area contributed by atoms with Crippen LogP contribution >= 0.6 is 0 Å². The molecule has 0 radical (unpaired) electrons. The average molecular weight is 225 g/mol. The first kappa shape index (κ1) is 17.7. The Hall–Kier alpha value is -0.300. The van der Waals surface area contributed by atoms with Gasteiger partial charge in [-0.05, 0) is 0 Å².